The van der Waals surface area contributed by atoms with E-state index >= 15 is 0 Å². The zero-order valence-electron chi connectivity index (χ0n) is 25.0. The minimum atomic E-state index is -4.27. The summed E-state index contributed by atoms with van der Waals surface area (Å²) >= 11 is 6.56. The SMILES string of the molecule is C=C(F)C(=O)N1CCN(c2nc(OC[C@@H]3C[C@@H](C(F)(F)F)CN3C)nc3c2CC[C@@]2(CCc4c(Cl)cccc42)C3)C[C@@H]1CC#N. The Balaban J connectivity index is 1.32. The highest BCUT2D eigenvalue weighted by Gasteiger charge is 2.47. The zero-order chi connectivity index (χ0) is 32.1. The van der Waals surface area contributed by atoms with Crippen LogP contribution in [-0.2, 0) is 29.5 Å². The van der Waals surface area contributed by atoms with Crippen molar-refractivity contribution in [2.75, 3.05) is 44.7 Å². The molecule has 4 atom stereocenters. The van der Waals surface area contributed by atoms with Gasteiger partial charge in [-0.3, -0.25) is 9.69 Å². The highest BCUT2D eigenvalue weighted by atomic mass is 35.5. The molecule has 1 amide bonds. The molecule has 0 unspecified atom stereocenters. The predicted molar refractivity (Wildman–Crippen MR) is 160 cm³/mol. The number of piperazine rings is 1. The number of hydrogen-bond acceptors (Lipinski definition) is 7. The van der Waals surface area contributed by atoms with Crippen molar-refractivity contribution >= 4 is 23.3 Å². The van der Waals surface area contributed by atoms with Crippen LogP contribution < -0.4 is 9.64 Å². The van der Waals surface area contributed by atoms with Crippen molar-refractivity contribution in [3.63, 3.8) is 0 Å². The van der Waals surface area contributed by atoms with E-state index in [1.807, 2.05) is 17.0 Å². The minimum absolute atomic E-state index is 0.00118. The standard InChI is InChI=1S/C32H35ClF4N6O2/c1-19(34)29(44)43-13-12-42(17-21(43)8-11-38)28-24-7-10-31(9-6-23-25(31)4-3-5-26(23)33)15-27(24)39-30(40-28)45-18-22-14-20(16-41(22)2)32(35,36)37/h3-5,20-22H,1,6-10,12-18H2,2H3/t20-,21+,22+,31+/m1/s1. The van der Waals surface area contributed by atoms with Gasteiger partial charge < -0.3 is 14.5 Å². The first-order valence-electron chi connectivity index (χ1n) is 15.2. The van der Waals surface area contributed by atoms with Crippen LogP contribution in [-0.4, -0.2) is 83.8 Å². The van der Waals surface area contributed by atoms with E-state index in [9.17, 15) is 27.6 Å². The number of halogens is 5. The molecular formula is C32H35ClF4N6O2. The quantitative estimate of drug-likeness (QED) is 0.316. The van der Waals surface area contributed by atoms with E-state index < -0.39 is 35.9 Å². The molecule has 3 heterocycles. The summed E-state index contributed by atoms with van der Waals surface area (Å²) in [6, 6.07) is 7.17. The number of nitrogens with zero attached hydrogens (tertiary/aromatic N) is 6. The second kappa shape index (κ2) is 12.1. The Morgan fingerprint density at radius 2 is 1.93 bits per heavy atom. The minimum Gasteiger partial charge on any atom is -0.462 e. The number of carbonyl (C=O) groups is 1. The van der Waals surface area contributed by atoms with Crippen molar-refractivity contribution in [2.45, 2.75) is 68.6 Å². The molecule has 2 aliphatic heterocycles. The number of hydrogen-bond donors (Lipinski definition) is 0. The number of rotatable bonds is 6. The molecule has 0 saturated carbocycles. The average Bonchev–Trinajstić information content (AvgIpc) is 3.56. The van der Waals surface area contributed by atoms with E-state index in [2.05, 4.69) is 18.7 Å². The van der Waals surface area contributed by atoms with Gasteiger partial charge in [0.2, 0.25) is 0 Å². The number of likely N-dealkylation sites (N-methyl/N-ethyl adjacent to an activating group) is 1. The molecule has 0 N–H and O–H groups in total. The van der Waals surface area contributed by atoms with Crippen LogP contribution in [0.4, 0.5) is 23.4 Å². The second-order valence-corrected chi connectivity index (χ2v) is 13.1. The summed E-state index contributed by atoms with van der Waals surface area (Å²) in [5, 5.41) is 10.2. The van der Waals surface area contributed by atoms with Crippen LogP contribution in [0.2, 0.25) is 5.02 Å². The lowest BCUT2D eigenvalue weighted by Gasteiger charge is -2.42. The first kappa shape index (κ1) is 31.5. The molecule has 2 fully saturated rings. The van der Waals surface area contributed by atoms with Crippen molar-refractivity contribution in [2.24, 2.45) is 5.92 Å². The van der Waals surface area contributed by atoms with Gasteiger partial charge in [0.25, 0.3) is 5.91 Å². The molecule has 240 valence electrons. The van der Waals surface area contributed by atoms with E-state index in [4.69, 9.17) is 26.3 Å². The number of likely N-dealkylation sites (tertiary alicyclic amines) is 1. The molecule has 2 saturated heterocycles. The first-order valence-corrected chi connectivity index (χ1v) is 15.6. The molecule has 4 aliphatic rings. The molecule has 45 heavy (non-hydrogen) atoms. The van der Waals surface area contributed by atoms with Crippen molar-refractivity contribution in [1.29, 1.82) is 5.26 Å². The molecule has 2 aromatic rings. The number of carbonyl (C=O) groups excluding carboxylic acids is 1. The number of nitriles is 1. The van der Waals surface area contributed by atoms with Gasteiger partial charge in [-0.2, -0.15) is 28.4 Å². The van der Waals surface area contributed by atoms with Gasteiger partial charge in [0.05, 0.1) is 30.1 Å². The lowest BCUT2D eigenvalue weighted by molar-refractivity contribution is -0.170. The molecule has 0 bridgehead atoms. The van der Waals surface area contributed by atoms with Crippen LogP contribution in [0.25, 0.3) is 0 Å². The van der Waals surface area contributed by atoms with Crippen molar-refractivity contribution in [3.8, 4) is 12.1 Å². The molecule has 6 rings (SSSR count). The lowest BCUT2D eigenvalue weighted by Crippen LogP contribution is -2.55. The first-order chi connectivity index (χ1) is 21.4. The molecular weight excluding hydrogens is 612 g/mol. The zero-order valence-corrected chi connectivity index (χ0v) is 25.8. The maximum absolute atomic E-state index is 13.8. The number of ether oxygens (including phenoxy) is 1. The largest absolute Gasteiger partial charge is 0.462 e. The van der Waals surface area contributed by atoms with Gasteiger partial charge in [0, 0.05) is 48.2 Å². The highest BCUT2D eigenvalue weighted by Crippen LogP contribution is 2.50. The van der Waals surface area contributed by atoms with Crippen LogP contribution in [0.5, 0.6) is 6.01 Å². The van der Waals surface area contributed by atoms with Crippen LogP contribution >= 0.6 is 11.6 Å². The number of fused-ring (bicyclic) bond motifs is 3. The van der Waals surface area contributed by atoms with E-state index in [1.165, 1.54) is 10.5 Å². The molecule has 1 spiro atoms. The third kappa shape index (κ3) is 5.97. The summed E-state index contributed by atoms with van der Waals surface area (Å²) < 4.78 is 60.1. The van der Waals surface area contributed by atoms with E-state index in [0.717, 1.165) is 41.1 Å². The number of benzene rings is 1. The van der Waals surface area contributed by atoms with E-state index in [0.29, 0.717) is 25.2 Å². The number of aromatic nitrogens is 2. The summed E-state index contributed by atoms with van der Waals surface area (Å²) in [6.45, 7) is 3.81. The summed E-state index contributed by atoms with van der Waals surface area (Å²) in [4.78, 5) is 27.1. The summed E-state index contributed by atoms with van der Waals surface area (Å²) in [7, 11) is 1.66. The summed E-state index contributed by atoms with van der Waals surface area (Å²) in [6.07, 6.45) is -0.383. The maximum atomic E-state index is 13.8. The van der Waals surface area contributed by atoms with Crippen molar-refractivity contribution in [1.82, 2.24) is 19.8 Å². The summed E-state index contributed by atoms with van der Waals surface area (Å²) in [5.41, 5.74) is 3.99. The fourth-order valence-electron chi connectivity index (χ4n) is 7.68. The lowest BCUT2D eigenvalue weighted by atomic mass is 9.69. The fraction of sp³-hybridized carbons (Fsp3) is 0.562. The maximum Gasteiger partial charge on any atom is 0.393 e. The number of amides is 1. The van der Waals surface area contributed by atoms with Crippen molar-refractivity contribution < 1.29 is 27.1 Å². The third-order valence-corrected chi connectivity index (χ3v) is 10.5. The van der Waals surface area contributed by atoms with Crippen molar-refractivity contribution in [3.05, 3.63) is 58.0 Å². The van der Waals surface area contributed by atoms with Gasteiger partial charge in [-0.05, 0) is 62.8 Å². The molecule has 8 nitrogen and oxygen atoms in total. The Morgan fingerprint density at radius 1 is 1.18 bits per heavy atom. The normalized spacial score (nSPS) is 26.5. The van der Waals surface area contributed by atoms with Crippen LogP contribution in [0.15, 0.2) is 30.6 Å². The second-order valence-electron chi connectivity index (χ2n) is 12.7. The van der Waals surface area contributed by atoms with Gasteiger partial charge in [0.15, 0.2) is 5.83 Å². The number of anilines is 1. The molecule has 1 aromatic heterocycles. The Hall–Kier alpha value is -3.43. The van der Waals surface area contributed by atoms with Crippen LogP contribution in [0.1, 0.15) is 48.1 Å². The predicted octanol–water partition coefficient (Wildman–Crippen LogP) is 5.18. The molecule has 2 aliphatic carbocycles. The molecule has 13 heteroatoms. The monoisotopic (exact) mass is 646 g/mol. The van der Waals surface area contributed by atoms with Gasteiger partial charge >= 0.3 is 12.2 Å². The van der Waals surface area contributed by atoms with Gasteiger partial charge in [-0.15, -0.1) is 0 Å². The van der Waals surface area contributed by atoms with E-state index in [-0.39, 0.29) is 50.5 Å². The van der Waals surface area contributed by atoms with E-state index in [1.54, 1.807) is 11.9 Å². The van der Waals surface area contributed by atoms with Crippen LogP contribution in [0, 0.1) is 17.2 Å². The third-order valence-electron chi connectivity index (χ3n) is 10.1. The molecule has 0 radical (unpaired) electrons. The molecule has 1 aromatic carbocycles. The highest BCUT2D eigenvalue weighted by molar-refractivity contribution is 6.31. The topological polar surface area (TPSA) is 85.6 Å². The fourth-order valence-corrected chi connectivity index (χ4v) is 7.95. The number of alkyl halides is 3. The average molecular weight is 647 g/mol. The Labute approximate surface area is 264 Å². The summed E-state index contributed by atoms with van der Waals surface area (Å²) in [5.74, 6) is -2.70. The smallest absolute Gasteiger partial charge is 0.393 e. The van der Waals surface area contributed by atoms with Gasteiger partial charge in [-0.1, -0.05) is 30.3 Å². The van der Waals surface area contributed by atoms with Crippen LogP contribution in [0.3, 0.4) is 0 Å². The Kier molecular flexibility index (Phi) is 8.46. The van der Waals surface area contributed by atoms with Gasteiger partial charge in [-0.25, -0.2) is 4.39 Å². The Morgan fingerprint density at radius 3 is 2.62 bits per heavy atom. The van der Waals surface area contributed by atoms with Gasteiger partial charge in [0.1, 0.15) is 12.4 Å². The Bertz CT molecular complexity index is 1550.